The minimum atomic E-state index is -0.400. The predicted molar refractivity (Wildman–Crippen MR) is 94.8 cm³/mol. The van der Waals surface area contributed by atoms with Crippen molar-refractivity contribution in [2.75, 3.05) is 18.5 Å². The SMILES string of the molecule is Cc1c(Cl)cccc1NC(=O)CNC(=O)COc1ccc(Cl)cc1. The van der Waals surface area contributed by atoms with E-state index < -0.39 is 5.91 Å². The van der Waals surface area contributed by atoms with Crippen LogP contribution in [0.25, 0.3) is 0 Å². The van der Waals surface area contributed by atoms with Crippen LogP contribution in [0, 0.1) is 6.92 Å². The number of nitrogens with one attached hydrogen (secondary N) is 2. The lowest BCUT2D eigenvalue weighted by molar-refractivity contribution is -0.125. The molecule has 0 heterocycles. The van der Waals surface area contributed by atoms with Crippen molar-refractivity contribution in [3.8, 4) is 5.75 Å². The maximum Gasteiger partial charge on any atom is 0.258 e. The Morgan fingerprint density at radius 3 is 2.46 bits per heavy atom. The molecule has 7 heteroatoms. The van der Waals surface area contributed by atoms with Crippen LogP contribution in [-0.2, 0) is 9.59 Å². The van der Waals surface area contributed by atoms with E-state index in [1.54, 1.807) is 49.4 Å². The highest BCUT2D eigenvalue weighted by Crippen LogP contribution is 2.22. The van der Waals surface area contributed by atoms with Gasteiger partial charge < -0.3 is 15.4 Å². The molecule has 0 bridgehead atoms. The van der Waals surface area contributed by atoms with Crippen molar-refractivity contribution >= 4 is 40.7 Å². The molecule has 0 fully saturated rings. The maximum absolute atomic E-state index is 11.9. The van der Waals surface area contributed by atoms with E-state index in [1.165, 1.54) is 0 Å². The molecule has 2 rings (SSSR count). The van der Waals surface area contributed by atoms with Gasteiger partial charge in [-0.05, 0) is 48.9 Å². The fourth-order valence-corrected chi connectivity index (χ4v) is 2.15. The van der Waals surface area contributed by atoms with Gasteiger partial charge >= 0.3 is 0 Å². The van der Waals surface area contributed by atoms with E-state index in [-0.39, 0.29) is 19.1 Å². The first kappa shape index (κ1) is 18.1. The van der Waals surface area contributed by atoms with Crippen molar-refractivity contribution in [1.82, 2.24) is 5.32 Å². The number of amides is 2. The summed E-state index contributed by atoms with van der Waals surface area (Å²) in [5.41, 5.74) is 1.38. The number of halogens is 2. The van der Waals surface area contributed by atoms with Crippen LogP contribution in [0.15, 0.2) is 42.5 Å². The predicted octanol–water partition coefficient (Wildman–Crippen LogP) is 3.44. The van der Waals surface area contributed by atoms with Crippen molar-refractivity contribution in [3.05, 3.63) is 58.1 Å². The highest BCUT2D eigenvalue weighted by atomic mass is 35.5. The van der Waals surface area contributed by atoms with Crippen molar-refractivity contribution in [2.45, 2.75) is 6.92 Å². The molecular weight excluding hydrogens is 351 g/mol. The molecule has 2 amide bonds. The number of benzene rings is 2. The van der Waals surface area contributed by atoms with E-state index in [0.717, 1.165) is 5.56 Å². The van der Waals surface area contributed by atoms with E-state index >= 15 is 0 Å². The molecule has 0 saturated carbocycles. The summed E-state index contributed by atoms with van der Waals surface area (Å²) in [6.07, 6.45) is 0. The van der Waals surface area contributed by atoms with Crippen LogP contribution in [0.2, 0.25) is 10.0 Å². The Morgan fingerprint density at radius 1 is 1.04 bits per heavy atom. The summed E-state index contributed by atoms with van der Waals surface area (Å²) < 4.78 is 5.29. The zero-order valence-corrected chi connectivity index (χ0v) is 14.4. The highest BCUT2D eigenvalue weighted by Gasteiger charge is 2.09. The Hall–Kier alpha value is -2.24. The zero-order chi connectivity index (χ0) is 17.5. The molecule has 2 aromatic rings. The third kappa shape index (κ3) is 5.44. The van der Waals surface area contributed by atoms with Gasteiger partial charge in [0.25, 0.3) is 5.91 Å². The van der Waals surface area contributed by atoms with Crippen LogP contribution in [0.4, 0.5) is 5.69 Å². The number of carbonyl (C=O) groups is 2. The Kier molecular flexibility index (Phi) is 6.46. The summed E-state index contributed by atoms with van der Waals surface area (Å²) in [6.45, 7) is 1.45. The van der Waals surface area contributed by atoms with E-state index in [1.807, 2.05) is 0 Å². The third-order valence-electron chi connectivity index (χ3n) is 3.17. The van der Waals surface area contributed by atoms with Gasteiger partial charge in [-0.15, -0.1) is 0 Å². The van der Waals surface area contributed by atoms with E-state index in [0.29, 0.717) is 21.5 Å². The zero-order valence-electron chi connectivity index (χ0n) is 12.9. The molecule has 24 heavy (non-hydrogen) atoms. The van der Waals surface area contributed by atoms with Gasteiger partial charge in [0.2, 0.25) is 5.91 Å². The lowest BCUT2D eigenvalue weighted by Crippen LogP contribution is -2.35. The smallest absolute Gasteiger partial charge is 0.258 e. The Morgan fingerprint density at radius 2 is 1.75 bits per heavy atom. The standard InChI is InChI=1S/C17H16Cl2N2O3/c1-11-14(19)3-2-4-15(11)21-16(22)9-20-17(23)10-24-13-7-5-12(18)6-8-13/h2-8H,9-10H2,1H3,(H,20,23)(H,21,22). The Labute approximate surface area is 149 Å². The topological polar surface area (TPSA) is 67.4 Å². The second kappa shape index (κ2) is 8.57. The van der Waals surface area contributed by atoms with Crippen LogP contribution < -0.4 is 15.4 Å². The number of carbonyl (C=O) groups excluding carboxylic acids is 2. The summed E-state index contributed by atoms with van der Waals surface area (Å²) in [4.78, 5) is 23.6. The van der Waals surface area contributed by atoms with Gasteiger partial charge in [-0.1, -0.05) is 29.3 Å². The lowest BCUT2D eigenvalue weighted by Gasteiger charge is -2.10. The fraction of sp³-hybridized carbons (Fsp3) is 0.176. The molecule has 126 valence electrons. The van der Waals surface area contributed by atoms with Crippen molar-refractivity contribution in [3.63, 3.8) is 0 Å². The molecule has 5 nitrogen and oxygen atoms in total. The summed E-state index contributed by atoms with van der Waals surface area (Å²) in [5, 5.41) is 6.32. The first-order valence-corrected chi connectivity index (χ1v) is 7.91. The molecule has 0 saturated heterocycles. The van der Waals surface area contributed by atoms with E-state index in [2.05, 4.69) is 10.6 Å². The van der Waals surface area contributed by atoms with E-state index in [4.69, 9.17) is 27.9 Å². The molecule has 0 atom stereocenters. The third-order valence-corrected chi connectivity index (χ3v) is 3.83. The minimum absolute atomic E-state index is 0.158. The van der Waals surface area contributed by atoms with Gasteiger partial charge in [-0.25, -0.2) is 0 Å². The molecule has 0 aliphatic carbocycles. The molecule has 2 N–H and O–H groups in total. The average Bonchev–Trinajstić information content (AvgIpc) is 2.56. The molecular formula is C17H16Cl2N2O3. The van der Waals surface area contributed by atoms with Gasteiger partial charge in [0.05, 0.1) is 6.54 Å². The van der Waals surface area contributed by atoms with Crippen LogP contribution >= 0.6 is 23.2 Å². The van der Waals surface area contributed by atoms with Crippen LogP contribution in [0.3, 0.4) is 0 Å². The summed E-state index contributed by atoms with van der Waals surface area (Å²) in [7, 11) is 0. The highest BCUT2D eigenvalue weighted by molar-refractivity contribution is 6.31. The molecule has 0 aliphatic rings. The molecule has 2 aromatic carbocycles. The Balaban J connectivity index is 1.75. The van der Waals surface area contributed by atoms with Gasteiger partial charge in [-0.3, -0.25) is 9.59 Å². The molecule has 0 aliphatic heterocycles. The minimum Gasteiger partial charge on any atom is -0.484 e. The van der Waals surface area contributed by atoms with E-state index in [9.17, 15) is 9.59 Å². The first-order valence-electron chi connectivity index (χ1n) is 7.16. The fourth-order valence-electron chi connectivity index (χ4n) is 1.85. The summed E-state index contributed by atoms with van der Waals surface area (Å²) >= 11 is 11.7. The number of rotatable bonds is 6. The molecule has 0 unspecified atom stereocenters. The normalized spacial score (nSPS) is 10.1. The summed E-state index contributed by atoms with van der Waals surface area (Å²) in [6, 6.07) is 11.9. The molecule has 0 aromatic heterocycles. The largest absolute Gasteiger partial charge is 0.484 e. The number of hydrogen-bond acceptors (Lipinski definition) is 3. The average molecular weight is 367 g/mol. The number of anilines is 1. The number of hydrogen-bond donors (Lipinski definition) is 2. The second-order valence-electron chi connectivity index (χ2n) is 4.98. The van der Waals surface area contributed by atoms with Gasteiger partial charge in [0.15, 0.2) is 6.61 Å². The summed E-state index contributed by atoms with van der Waals surface area (Å²) in [5.74, 6) is -0.225. The second-order valence-corrected chi connectivity index (χ2v) is 5.82. The maximum atomic E-state index is 11.9. The van der Waals surface area contributed by atoms with Crippen molar-refractivity contribution < 1.29 is 14.3 Å². The van der Waals surface area contributed by atoms with Gasteiger partial charge in [0.1, 0.15) is 5.75 Å². The lowest BCUT2D eigenvalue weighted by atomic mass is 10.2. The molecule has 0 spiro atoms. The monoisotopic (exact) mass is 366 g/mol. The number of ether oxygens (including phenoxy) is 1. The van der Waals surface area contributed by atoms with Crippen molar-refractivity contribution in [2.24, 2.45) is 0 Å². The van der Waals surface area contributed by atoms with Crippen molar-refractivity contribution in [1.29, 1.82) is 0 Å². The quantitative estimate of drug-likeness (QED) is 0.822. The Bertz CT molecular complexity index is 733. The van der Waals surface area contributed by atoms with Crippen LogP contribution in [0.1, 0.15) is 5.56 Å². The van der Waals surface area contributed by atoms with Crippen LogP contribution in [0.5, 0.6) is 5.75 Å². The van der Waals surface area contributed by atoms with Gasteiger partial charge in [-0.2, -0.15) is 0 Å². The van der Waals surface area contributed by atoms with Crippen LogP contribution in [-0.4, -0.2) is 25.0 Å². The van der Waals surface area contributed by atoms with Gasteiger partial charge in [0, 0.05) is 15.7 Å². The molecule has 0 radical (unpaired) electrons. The first-order chi connectivity index (χ1) is 11.5.